The predicted octanol–water partition coefficient (Wildman–Crippen LogP) is 1.47. The molecule has 0 radical (unpaired) electrons. The average molecular weight is 130 g/mol. The molecule has 0 aliphatic heterocycles. The van der Waals surface area contributed by atoms with Gasteiger partial charge in [0.15, 0.2) is 0 Å². The van der Waals surface area contributed by atoms with Gasteiger partial charge in [0.25, 0.3) is 0 Å². The minimum atomic E-state index is 0.895. The fraction of sp³-hybridized carbons (Fsp3) is 1.00. The summed E-state index contributed by atoms with van der Waals surface area (Å²) in [5, 5.41) is 0. The van der Waals surface area contributed by atoms with E-state index in [9.17, 15) is 0 Å². The fourth-order valence-corrected chi connectivity index (χ4v) is 0.986. The highest BCUT2D eigenvalue weighted by atomic mass is 31.0. The second kappa shape index (κ2) is 5.63. The summed E-state index contributed by atoms with van der Waals surface area (Å²) in [7, 11) is 5.04. The van der Waals surface area contributed by atoms with Gasteiger partial charge in [-0.15, -0.1) is 9.24 Å². The number of hydrogen-bond acceptors (Lipinski definition) is 0. The van der Waals surface area contributed by atoms with Gasteiger partial charge >= 0.3 is 0 Å². The van der Waals surface area contributed by atoms with E-state index in [4.69, 9.17) is 0 Å². The monoisotopic (exact) mass is 130 g/mol. The van der Waals surface area contributed by atoms with Crippen molar-refractivity contribution in [3.63, 3.8) is 0 Å². The molecule has 0 aliphatic rings. The van der Waals surface area contributed by atoms with Crippen molar-refractivity contribution in [1.82, 2.24) is 0 Å². The molecule has 48 valence electrons. The fourth-order valence-electron chi connectivity index (χ4n) is 0.697. The largest absolute Gasteiger partial charge is 0.138 e. The third kappa shape index (κ3) is 6.49. The van der Waals surface area contributed by atoms with Gasteiger partial charge in [-0.1, -0.05) is 25.6 Å². The molecule has 0 aromatic carbocycles. The number of unbranched alkanes of at least 4 members (excludes halogenated alkanes) is 1. The van der Waals surface area contributed by atoms with Gasteiger partial charge in [0, 0.05) is 0 Å². The van der Waals surface area contributed by atoms with Crippen LogP contribution in [-0.2, 0) is 0 Å². The quantitative estimate of drug-likeness (QED) is 0.307. The van der Waals surface area contributed by atoms with Gasteiger partial charge in [0.1, 0.15) is 7.85 Å². The molecule has 0 aromatic rings. The molecule has 0 amide bonds. The van der Waals surface area contributed by atoms with Crippen molar-refractivity contribution in [2.24, 2.45) is 0 Å². The van der Waals surface area contributed by atoms with E-state index in [1.807, 2.05) is 0 Å². The van der Waals surface area contributed by atoms with Crippen molar-refractivity contribution < 1.29 is 0 Å². The molecule has 0 saturated carbocycles. The van der Waals surface area contributed by atoms with E-state index >= 15 is 0 Å². The zero-order chi connectivity index (χ0) is 6.41. The standard InChI is InChI=1S/C6H16BP/c1-6(7)4-2-3-5-8/h6H,2-5,7-8H2,1H3/t6-/m0/s1. The summed E-state index contributed by atoms with van der Waals surface area (Å²) in [6, 6.07) is 0. The van der Waals surface area contributed by atoms with Gasteiger partial charge in [-0.2, -0.15) is 0 Å². The molecule has 2 atom stereocenters. The van der Waals surface area contributed by atoms with Crippen molar-refractivity contribution in [2.75, 3.05) is 6.16 Å². The van der Waals surface area contributed by atoms with Gasteiger partial charge in [-0.05, 0) is 12.6 Å². The Bertz CT molecular complexity index is 45.8. The van der Waals surface area contributed by atoms with Crippen molar-refractivity contribution in [2.45, 2.75) is 32.0 Å². The van der Waals surface area contributed by atoms with Crippen molar-refractivity contribution in [1.29, 1.82) is 0 Å². The SMILES string of the molecule is B[C@@H](C)CCCCP. The van der Waals surface area contributed by atoms with Gasteiger partial charge in [-0.25, -0.2) is 0 Å². The maximum Gasteiger partial charge on any atom is 0.105 e. The minimum absolute atomic E-state index is 0.895. The Labute approximate surface area is 56.0 Å². The first-order valence-electron chi connectivity index (χ1n) is 3.47. The predicted molar refractivity (Wildman–Crippen MR) is 46.4 cm³/mol. The smallest absolute Gasteiger partial charge is 0.105 e. The first-order valence-corrected chi connectivity index (χ1v) is 4.29. The van der Waals surface area contributed by atoms with E-state index in [-0.39, 0.29) is 0 Å². The molecule has 0 heterocycles. The lowest BCUT2D eigenvalue weighted by molar-refractivity contribution is 0.705. The maximum absolute atomic E-state index is 2.76. The Morgan fingerprint density at radius 3 is 2.50 bits per heavy atom. The molecule has 0 aromatic heterocycles. The molecule has 1 unspecified atom stereocenters. The Hall–Kier alpha value is 0.495. The number of hydrogen-bond donors (Lipinski definition) is 0. The number of rotatable bonds is 4. The summed E-state index contributed by atoms with van der Waals surface area (Å²) >= 11 is 0. The first-order chi connectivity index (χ1) is 3.77. The van der Waals surface area contributed by atoms with Gasteiger partial charge in [0.2, 0.25) is 0 Å². The lowest BCUT2D eigenvalue weighted by atomic mass is 9.85. The van der Waals surface area contributed by atoms with Crippen LogP contribution in [0.2, 0.25) is 5.82 Å². The summed E-state index contributed by atoms with van der Waals surface area (Å²) in [5.74, 6) is 0.895. The summed E-state index contributed by atoms with van der Waals surface area (Å²) in [6.07, 6.45) is 5.45. The highest BCUT2D eigenvalue weighted by Crippen LogP contribution is 2.09. The molecule has 8 heavy (non-hydrogen) atoms. The average Bonchev–Trinajstić information content (AvgIpc) is 1.66. The van der Waals surface area contributed by atoms with E-state index in [1.165, 1.54) is 25.4 Å². The van der Waals surface area contributed by atoms with E-state index in [0.717, 1.165) is 5.82 Å². The Balaban J connectivity index is 2.72. The lowest BCUT2D eigenvalue weighted by Crippen LogP contribution is -1.85. The van der Waals surface area contributed by atoms with Gasteiger partial charge in [0.05, 0.1) is 0 Å². The highest BCUT2D eigenvalue weighted by Gasteiger charge is 1.91. The zero-order valence-electron chi connectivity index (χ0n) is 5.98. The van der Waals surface area contributed by atoms with E-state index in [2.05, 4.69) is 24.0 Å². The van der Waals surface area contributed by atoms with Crippen molar-refractivity contribution in [3.05, 3.63) is 0 Å². The van der Waals surface area contributed by atoms with Crippen LogP contribution in [0.25, 0.3) is 0 Å². The van der Waals surface area contributed by atoms with Crippen LogP contribution in [0.15, 0.2) is 0 Å². The molecule has 0 spiro atoms. The second-order valence-electron chi connectivity index (χ2n) is 2.68. The van der Waals surface area contributed by atoms with Gasteiger partial charge < -0.3 is 0 Å². The van der Waals surface area contributed by atoms with Crippen molar-refractivity contribution >= 4 is 17.1 Å². The Morgan fingerprint density at radius 1 is 1.50 bits per heavy atom. The molecule has 2 heteroatoms. The molecule has 0 aliphatic carbocycles. The summed E-state index contributed by atoms with van der Waals surface area (Å²) in [5.41, 5.74) is 0. The summed E-state index contributed by atoms with van der Waals surface area (Å²) in [4.78, 5) is 0. The molecular weight excluding hydrogens is 114 g/mol. The minimum Gasteiger partial charge on any atom is -0.138 e. The summed E-state index contributed by atoms with van der Waals surface area (Å²) in [6.45, 7) is 2.28. The van der Waals surface area contributed by atoms with Crippen LogP contribution >= 0.6 is 9.24 Å². The van der Waals surface area contributed by atoms with Crippen LogP contribution in [0.1, 0.15) is 26.2 Å². The molecule has 0 nitrogen and oxygen atoms in total. The molecule has 0 fully saturated rings. The van der Waals surface area contributed by atoms with Crippen LogP contribution in [0.3, 0.4) is 0 Å². The highest BCUT2D eigenvalue weighted by molar-refractivity contribution is 7.16. The van der Waals surface area contributed by atoms with Crippen LogP contribution in [0.5, 0.6) is 0 Å². The Kier molecular flexibility index (Phi) is 5.98. The molecular formula is C6H16BP. The van der Waals surface area contributed by atoms with E-state index in [0.29, 0.717) is 0 Å². The third-order valence-electron chi connectivity index (χ3n) is 1.24. The summed E-state index contributed by atoms with van der Waals surface area (Å²) < 4.78 is 0. The van der Waals surface area contributed by atoms with Gasteiger partial charge in [-0.3, -0.25) is 0 Å². The first kappa shape index (κ1) is 8.49. The van der Waals surface area contributed by atoms with Crippen molar-refractivity contribution in [3.8, 4) is 0 Å². The molecule has 0 bridgehead atoms. The lowest BCUT2D eigenvalue weighted by Gasteiger charge is -2.00. The zero-order valence-corrected chi connectivity index (χ0v) is 7.14. The van der Waals surface area contributed by atoms with Crippen LogP contribution in [-0.4, -0.2) is 14.0 Å². The maximum atomic E-state index is 2.76. The van der Waals surface area contributed by atoms with E-state index < -0.39 is 0 Å². The molecule has 0 N–H and O–H groups in total. The Morgan fingerprint density at radius 2 is 2.12 bits per heavy atom. The van der Waals surface area contributed by atoms with Crippen LogP contribution < -0.4 is 0 Å². The van der Waals surface area contributed by atoms with Crippen LogP contribution in [0.4, 0.5) is 0 Å². The second-order valence-corrected chi connectivity index (χ2v) is 3.26. The van der Waals surface area contributed by atoms with E-state index in [1.54, 1.807) is 0 Å². The third-order valence-corrected chi connectivity index (χ3v) is 1.64. The topological polar surface area (TPSA) is 0 Å². The molecule has 0 rings (SSSR count). The van der Waals surface area contributed by atoms with Crippen LogP contribution in [0, 0.1) is 0 Å². The normalized spacial score (nSPS) is 13.8. The molecule has 0 saturated heterocycles.